The number of nitrogens with zero attached hydrogens (tertiary/aromatic N) is 2. The van der Waals surface area contributed by atoms with Gasteiger partial charge in [-0.3, -0.25) is 9.59 Å². The minimum Gasteiger partial charge on any atom is -0.434 e. The van der Waals surface area contributed by atoms with E-state index in [2.05, 4.69) is 6.92 Å². The van der Waals surface area contributed by atoms with Crippen LogP contribution in [-0.4, -0.2) is 60.6 Å². The molecule has 0 radical (unpaired) electrons. The minimum atomic E-state index is -0.768. The van der Waals surface area contributed by atoms with E-state index in [4.69, 9.17) is 9.47 Å². The first-order valence-corrected chi connectivity index (χ1v) is 11.2. The van der Waals surface area contributed by atoms with Gasteiger partial charge in [0.05, 0.1) is 6.61 Å². The second-order valence-electron chi connectivity index (χ2n) is 8.15. The third kappa shape index (κ3) is 6.32. The van der Waals surface area contributed by atoms with Crippen LogP contribution < -0.4 is 4.74 Å². The van der Waals surface area contributed by atoms with Gasteiger partial charge >= 0.3 is 6.16 Å². The van der Waals surface area contributed by atoms with Gasteiger partial charge in [0.15, 0.2) is 0 Å². The standard InChI is InChI=1S/C24H32N2O5/c1-3-30-24(29)31-21-11-9-20(10-12-21)23(28)26-14-6-13-25(15-16-26)22(27)17-18(2)19-7-4-5-8-19/h9-12,17,19H,3-8,13-16H2,1-2H3/b18-17+. The van der Waals surface area contributed by atoms with Crippen molar-refractivity contribution >= 4 is 18.0 Å². The van der Waals surface area contributed by atoms with Gasteiger partial charge in [0.25, 0.3) is 5.91 Å². The molecule has 0 unspecified atom stereocenters. The molecule has 0 spiro atoms. The summed E-state index contributed by atoms with van der Waals surface area (Å²) >= 11 is 0. The number of carbonyl (C=O) groups is 3. The third-order valence-corrected chi connectivity index (χ3v) is 6.01. The van der Waals surface area contributed by atoms with E-state index in [0.29, 0.717) is 43.4 Å². The predicted molar refractivity (Wildman–Crippen MR) is 117 cm³/mol. The Morgan fingerprint density at radius 1 is 0.968 bits per heavy atom. The molecule has 1 aromatic carbocycles. The van der Waals surface area contributed by atoms with Crippen LogP contribution >= 0.6 is 0 Å². The van der Waals surface area contributed by atoms with Crippen LogP contribution in [0.2, 0.25) is 0 Å². The fraction of sp³-hybridized carbons (Fsp3) is 0.542. The Morgan fingerprint density at radius 2 is 1.61 bits per heavy atom. The summed E-state index contributed by atoms with van der Waals surface area (Å²) in [4.78, 5) is 40.6. The lowest BCUT2D eigenvalue weighted by Crippen LogP contribution is -2.37. The number of benzene rings is 1. The van der Waals surface area contributed by atoms with Crippen LogP contribution in [0, 0.1) is 5.92 Å². The number of amides is 2. The van der Waals surface area contributed by atoms with Gasteiger partial charge in [-0.2, -0.15) is 0 Å². The molecule has 7 nitrogen and oxygen atoms in total. The minimum absolute atomic E-state index is 0.0548. The van der Waals surface area contributed by atoms with E-state index >= 15 is 0 Å². The first-order valence-electron chi connectivity index (χ1n) is 11.2. The van der Waals surface area contributed by atoms with Crippen molar-refractivity contribution in [1.29, 1.82) is 0 Å². The Kier molecular flexibility index (Phi) is 8.09. The van der Waals surface area contributed by atoms with E-state index in [1.165, 1.54) is 31.3 Å². The summed E-state index contributed by atoms with van der Waals surface area (Å²) in [6.07, 6.45) is 6.65. The van der Waals surface area contributed by atoms with Crippen LogP contribution in [0.25, 0.3) is 0 Å². The fourth-order valence-corrected chi connectivity index (χ4v) is 4.22. The average molecular weight is 429 g/mol. The lowest BCUT2D eigenvalue weighted by molar-refractivity contribution is -0.126. The molecule has 0 bridgehead atoms. The SMILES string of the molecule is CCOC(=O)Oc1ccc(C(=O)N2CCCN(C(=O)/C=C(\C)C3CCCC3)CC2)cc1. The van der Waals surface area contributed by atoms with Crippen LogP contribution in [0.1, 0.15) is 56.3 Å². The highest BCUT2D eigenvalue weighted by Crippen LogP contribution is 2.30. The Morgan fingerprint density at radius 3 is 2.29 bits per heavy atom. The van der Waals surface area contributed by atoms with Gasteiger partial charge in [0.1, 0.15) is 5.75 Å². The topological polar surface area (TPSA) is 76.2 Å². The zero-order valence-electron chi connectivity index (χ0n) is 18.5. The monoisotopic (exact) mass is 428 g/mol. The van der Waals surface area contributed by atoms with Crippen LogP contribution in [0.15, 0.2) is 35.9 Å². The zero-order valence-corrected chi connectivity index (χ0v) is 18.5. The highest BCUT2D eigenvalue weighted by molar-refractivity contribution is 5.94. The van der Waals surface area contributed by atoms with Crippen molar-refractivity contribution in [3.63, 3.8) is 0 Å². The summed E-state index contributed by atoms with van der Waals surface area (Å²) in [5, 5.41) is 0. The maximum atomic E-state index is 12.9. The summed E-state index contributed by atoms with van der Waals surface area (Å²) in [7, 11) is 0. The number of carbonyl (C=O) groups excluding carboxylic acids is 3. The highest BCUT2D eigenvalue weighted by atomic mass is 16.7. The Balaban J connectivity index is 1.55. The second kappa shape index (κ2) is 11.0. The van der Waals surface area contributed by atoms with Crippen LogP contribution in [0.5, 0.6) is 5.75 Å². The maximum Gasteiger partial charge on any atom is 0.513 e. The molecule has 3 rings (SSSR count). The molecule has 2 fully saturated rings. The summed E-state index contributed by atoms with van der Waals surface area (Å²) in [6.45, 7) is 6.30. The van der Waals surface area contributed by atoms with Crippen molar-refractivity contribution in [2.45, 2.75) is 46.0 Å². The van der Waals surface area contributed by atoms with E-state index in [-0.39, 0.29) is 18.4 Å². The van der Waals surface area contributed by atoms with Gasteiger partial charge in [0.2, 0.25) is 5.91 Å². The summed E-state index contributed by atoms with van der Waals surface area (Å²) in [6, 6.07) is 6.43. The van der Waals surface area contributed by atoms with E-state index in [1.807, 2.05) is 4.90 Å². The van der Waals surface area contributed by atoms with E-state index in [1.54, 1.807) is 42.2 Å². The van der Waals surface area contributed by atoms with Crippen molar-refractivity contribution in [2.24, 2.45) is 5.92 Å². The lowest BCUT2D eigenvalue weighted by atomic mass is 9.98. The van der Waals surface area contributed by atoms with Crippen molar-refractivity contribution in [3.8, 4) is 5.75 Å². The normalized spacial score (nSPS) is 17.9. The quantitative estimate of drug-likeness (QED) is 0.402. The largest absolute Gasteiger partial charge is 0.513 e. The fourth-order valence-electron chi connectivity index (χ4n) is 4.22. The molecule has 168 valence electrons. The van der Waals surface area contributed by atoms with Crippen LogP contribution in [0.3, 0.4) is 0 Å². The van der Waals surface area contributed by atoms with E-state index < -0.39 is 6.16 Å². The van der Waals surface area contributed by atoms with E-state index in [9.17, 15) is 14.4 Å². The maximum absolute atomic E-state index is 12.9. The molecule has 0 aromatic heterocycles. The second-order valence-corrected chi connectivity index (χ2v) is 8.15. The Hall–Kier alpha value is -2.83. The molecule has 31 heavy (non-hydrogen) atoms. The molecule has 2 aliphatic rings. The summed E-state index contributed by atoms with van der Waals surface area (Å²) in [5.41, 5.74) is 1.71. The molecule has 1 saturated heterocycles. The van der Waals surface area contributed by atoms with Gasteiger partial charge in [0, 0.05) is 37.8 Å². The number of rotatable bonds is 5. The predicted octanol–water partition coefficient (Wildman–Crippen LogP) is 4.03. The summed E-state index contributed by atoms with van der Waals surface area (Å²) in [5.74, 6) is 0.839. The van der Waals surface area contributed by atoms with E-state index in [0.717, 1.165) is 6.42 Å². The number of ether oxygens (including phenoxy) is 2. The highest BCUT2D eigenvalue weighted by Gasteiger charge is 2.23. The van der Waals surface area contributed by atoms with Crippen molar-refractivity contribution in [1.82, 2.24) is 9.80 Å². The molecule has 1 saturated carbocycles. The number of hydrogen-bond donors (Lipinski definition) is 0. The third-order valence-electron chi connectivity index (χ3n) is 6.01. The molecule has 1 aliphatic carbocycles. The molecule has 0 atom stereocenters. The molecule has 2 amide bonds. The van der Waals surface area contributed by atoms with Gasteiger partial charge in [-0.25, -0.2) is 4.79 Å². The Labute approximate surface area is 184 Å². The first-order chi connectivity index (χ1) is 15.0. The van der Waals surface area contributed by atoms with Crippen molar-refractivity contribution < 1.29 is 23.9 Å². The van der Waals surface area contributed by atoms with Gasteiger partial charge < -0.3 is 19.3 Å². The van der Waals surface area contributed by atoms with Gasteiger partial charge in [-0.15, -0.1) is 0 Å². The smallest absolute Gasteiger partial charge is 0.434 e. The molecule has 1 heterocycles. The molecular formula is C24H32N2O5. The number of allylic oxidation sites excluding steroid dienone is 1. The molecule has 1 aliphatic heterocycles. The van der Waals surface area contributed by atoms with Gasteiger partial charge in [-0.1, -0.05) is 18.4 Å². The zero-order chi connectivity index (χ0) is 22.2. The number of hydrogen-bond acceptors (Lipinski definition) is 5. The lowest BCUT2D eigenvalue weighted by Gasteiger charge is -2.22. The van der Waals surface area contributed by atoms with Crippen LogP contribution in [0.4, 0.5) is 4.79 Å². The summed E-state index contributed by atoms with van der Waals surface area (Å²) < 4.78 is 9.77. The molecule has 1 aromatic rings. The Bertz CT molecular complexity index is 812. The van der Waals surface area contributed by atoms with Gasteiger partial charge in [-0.05, 0) is 63.3 Å². The van der Waals surface area contributed by atoms with Crippen molar-refractivity contribution in [3.05, 3.63) is 41.5 Å². The first kappa shape index (κ1) is 22.8. The average Bonchev–Trinajstić information content (AvgIpc) is 3.19. The van der Waals surface area contributed by atoms with Crippen LogP contribution in [-0.2, 0) is 9.53 Å². The molecular weight excluding hydrogens is 396 g/mol. The molecule has 0 N–H and O–H groups in total. The molecule has 7 heteroatoms. The van der Waals surface area contributed by atoms with Crippen molar-refractivity contribution in [2.75, 3.05) is 32.8 Å².